The van der Waals surface area contributed by atoms with E-state index in [-0.39, 0.29) is 12.5 Å². The van der Waals surface area contributed by atoms with Gasteiger partial charge in [-0.05, 0) is 56.2 Å². The Morgan fingerprint density at radius 2 is 2.00 bits per heavy atom. The summed E-state index contributed by atoms with van der Waals surface area (Å²) in [5.41, 5.74) is 0.869. The average molecular weight is 404 g/mol. The van der Waals surface area contributed by atoms with Gasteiger partial charge in [-0.2, -0.15) is 0 Å². The highest BCUT2D eigenvalue weighted by molar-refractivity contribution is 6.30. The van der Waals surface area contributed by atoms with Gasteiger partial charge >= 0.3 is 6.03 Å². The van der Waals surface area contributed by atoms with Gasteiger partial charge in [0.1, 0.15) is 12.1 Å². The minimum Gasteiger partial charge on any atom is -0.354 e. The van der Waals surface area contributed by atoms with Crippen LogP contribution in [-0.2, 0) is 15.1 Å². The summed E-state index contributed by atoms with van der Waals surface area (Å²) in [5.74, 6) is -0.740. The summed E-state index contributed by atoms with van der Waals surface area (Å²) in [5, 5.41) is 6.14. The highest BCUT2D eigenvalue weighted by Gasteiger charge is 2.51. The molecule has 1 atom stereocenters. The minimum atomic E-state index is -1.16. The molecule has 3 rings (SSSR count). The molecule has 4 amide bonds. The van der Waals surface area contributed by atoms with Crippen molar-refractivity contribution in [3.63, 3.8) is 0 Å². The number of halogens is 1. The van der Waals surface area contributed by atoms with Crippen LogP contribution in [0.3, 0.4) is 0 Å². The number of benzene rings is 1. The Labute approximate surface area is 170 Å². The first kappa shape index (κ1) is 20.4. The quantitative estimate of drug-likeness (QED) is 0.540. The predicted molar refractivity (Wildman–Crippen MR) is 108 cm³/mol. The number of carbonyl (C=O) groups is 3. The van der Waals surface area contributed by atoms with Crippen molar-refractivity contribution < 1.29 is 14.4 Å². The normalized spacial score (nSPS) is 22.1. The summed E-state index contributed by atoms with van der Waals surface area (Å²) in [4.78, 5) is 38.8. The molecule has 1 aliphatic heterocycles. The van der Waals surface area contributed by atoms with E-state index in [4.69, 9.17) is 11.6 Å². The van der Waals surface area contributed by atoms with Crippen LogP contribution < -0.4 is 10.6 Å². The third kappa shape index (κ3) is 4.22. The number of rotatable bonds is 7. The van der Waals surface area contributed by atoms with Crippen LogP contribution in [0.15, 0.2) is 35.9 Å². The number of amides is 4. The van der Waals surface area contributed by atoms with Crippen LogP contribution in [0.1, 0.15) is 51.0 Å². The third-order valence-corrected chi connectivity index (χ3v) is 5.75. The molecule has 0 radical (unpaired) electrons. The first-order valence-electron chi connectivity index (χ1n) is 9.81. The lowest BCUT2D eigenvalue weighted by Crippen LogP contribution is -2.44. The maximum atomic E-state index is 13.0. The standard InChI is InChI=1S/C21H26ClN3O3/c1-2-21(16-8-10-17(22)11-9-16)19(27)25(20(28)24-21)14-18(26)23-13-12-15-6-4-3-5-7-15/h6,8-11H,2-5,7,12-14H2,1H3,(H,23,26)(H,24,28)/t21-/m1/s1. The van der Waals surface area contributed by atoms with Crippen molar-refractivity contribution in [3.05, 3.63) is 46.5 Å². The van der Waals surface area contributed by atoms with Crippen LogP contribution in [0.5, 0.6) is 0 Å². The van der Waals surface area contributed by atoms with E-state index in [0.717, 1.165) is 24.2 Å². The van der Waals surface area contributed by atoms with E-state index in [2.05, 4.69) is 16.7 Å². The van der Waals surface area contributed by atoms with Crippen LogP contribution in [0.25, 0.3) is 0 Å². The number of nitrogens with one attached hydrogen (secondary N) is 2. The number of carbonyl (C=O) groups excluding carboxylic acids is 3. The molecule has 1 aromatic rings. The van der Waals surface area contributed by atoms with Gasteiger partial charge in [0.2, 0.25) is 5.91 Å². The fraction of sp³-hybridized carbons (Fsp3) is 0.476. The molecule has 150 valence electrons. The van der Waals surface area contributed by atoms with Gasteiger partial charge in [-0.1, -0.05) is 42.3 Å². The summed E-state index contributed by atoms with van der Waals surface area (Å²) in [7, 11) is 0. The van der Waals surface area contributed by atoms with Crippen LogP contribution in [0.4, 0.5) is 4.79 Å². The Hall–Kier alpha value is -2.34. The van der Waals surface area contributed by atoms with E-state index < -0.39 is 17.5 Å². The summed E-state index contributed by atoms with van der Waals surface area (Å²) < 4.78 is 0. The van der Waals surface area contributed by atoms with Gasteiger partial charge in [-0.25, -0.2) is 4.79 Å². The molecular weight excluding hydrogens is 378 g/mol. The Morgan fingerprint density at radius 3 is 2.64 bits per heavy atom. The smallest absolute Gasteiger partial charge is 0.325 e. The Bertz CT molecular complexity index is 791. The van der Waals surface area contributed by atoms with Gasteiger partial charge in [-0.15, -0.1) is 0 Å². The zero-order valence-electron chi connectivity index (χ0n) is 16.1. The second kappa shape index (κ2) is 8.78. The number of allylic oxidation sites excluding steroid dienone is 1. The van der Waals surface area contributed by atoms with Gasteiger partial charge in [0.05, 0.1) is 0 Å². The highest BCUT2D eigenvalue weighted by Crippen LogP contribution is 2.33. The molecule has 1 aromatic carbocycles. The first-order valence-corrected chi connectivity index (χ1v) is 10.2. The third-order valence-electron chi connectivity index (χ3n) is 5.50. The molecule has 0 unspecified atom stereocenters. The SMILES string of the molecule is CC[C@]1(c2ccc(Cl)cc2)NC(=O)N(CC(=O)NCCC2=CCCCC2)C1=O. The van der Waals surface area contributed by atoms with Crippen LogP contribution >= 0.6 is 11.6 Å². The average Bonchev–Trinajstić information content (AvgIpc) is 2.94. The van der Waals surface area contributed by atoms with Gasteiger partial charge < -0.3 is 10.6 Å². The molecule has 7 heteroatoms. The van der Waals surface area contributed by atoms with E-state index in [1.165, 1.54) is 18.4 Å². The maximum Gasteiger partial charge on any atom is 0.325 e. The zero-order chi connectivity index (χ0) is 20.1. The molecule has 6 nitrogen and oxygen atoms in total. The van der Waals surface area contributed by atoms with Crippen molar-refractivity contribution in [2.75, 3.05) is 13.1 Å². The van der Waals surface area contributed by atoms with Crippen molar-refractivity contribution in [1.29, 1.82) is 0 Å². The first-order chi connectivity index (χ1) is 13.5. The van der Waals surface area contributed by atoms with Crippen molar-refractivity contribution in [2.24, 2.45) is 0 Å². The molecule has 28 heavy (non-hydrogen) atoms. The van der Waals surface area contributed by atoms with Crippen LogP contribution in [-0.4, -0.2) is 35.8 Å². The Kier molecular flexibility index (Phi) is 6.39. The van der Waals surface area contributed by atoms with Crippen LogP contribution in [0, 0.1) is 0 Å². The fourth-order valence-corrected chi connectivity index (χ4v) is 3.96. The van der Waals surface area contributed by atoms with E-state index in [1.807, 2.05) is 6.92 Å². The van der Waals surface area contributed by atoms with Gasteiger partial charge in [0.25, 0.3) is 5.91 Å². The van der Waals surface area contributed by atoms with Crippen molar-refractivity contribution in [1.82, 2.24) is 15.5 Å². The lowest BCUT2D eigenvalue weighted by atomic mass is 9.87. The number of hydrogen-bond donors (Lipinski definition) is 2. The van der Waals surface area contributed by atoms with Gasteiger partial charge in [-0.3, -0.25) is 14.5 Å². The van der Waals surface area contributed by atoms with E-state index in [9.17, 15) is 14.4 Å². The molecule has 1 fully saturated rings. The maximum absolute atomic E-state index is 13.0. The monoisotopic (exact) mass is 403 g/mol. The molecule has 1 heterocycles. The zero-order valence-corrected chi connectivity index (χ0v) is 16.8. The van der Waals surface area contributed by atoms with E-state index in [0.29, 0.717) is 23.6 Å². The largest absolute Gasteiger partial charge is 0.354 e. The highest BCUT2D eigenvalue weighted by atomic mass is 35.5. The van der Waals surface area contributed by atoms with E-state index >= 15 is 0 Å². The molecular formula is C21H26ClN3O3. The Morgan fingerprint density at radius 1 is 1.25 bits per heavy atom. The predicted octanol–water partition coefficient (Wildman–Crippen LogP) is 3.50. The molecule has 0 bridgehead atoms. The second-order valence-corrected chi connectivity index (χ2v) is 7.73. The molecule has 1 aliphatic carbocycles. The topological polar surface area (TPSA) is 78.5 Å². The van der Waals surface area contributed by atoms with E-state index in [1.54, 1.807) is 24.3 Å². The molecule has 2 N–H and O–H groups in total. The van der Waals surface area contributed by atoms with Gasteiger partial charge in [0.15, 0.2) is 0 Å². The Balaban J connectivity index is 1.61. The number of nitrogens with zero attached hydrogens (tertiary/aromatic N) is 1. The van der Waals surface area contributed by atoms with Crippen molar-refractivity contribution in [3.8, 4) is 0 Å². The summed E-state index contributed by atoms with van der Waals surface area (Å²) in [6.45, 7) is 2.07. The minimum absolute atomic E-state index is 0.279. The molecule has 0 saturated carbocycles. The molecule has 2 aliphatic rings. The van der Waals surface area contributed by atoms with Crippen molar-refractivity contribution in [2.45, 2.75) is 51.0 Å². The fourth-order valence-electron chi connectivity index (χ4n) is 3.84. The summed E-state index contributed by atoms with van der Waals surface area (Å²) in [6.07, 6.45) is 8.06. The lowest BCUT2D eigenvalue weighted by molar-refractivity contribution is -0.135. The molecule has 1 saturated heterocycles. The van der Waals surface area contributed by atoms with Crippen molar-refractivity contribution >= 4 is 29.4 Å². The molecule has 0 aromatic heterocycles. The van der Waals surface area contributed by atoms with Gasteiger partial charge in [0, 0.05) is 11.6 Å². The molecule has 0 spiro atoms. The number of imide groups is 1. The van der Waals surface area contributed by atoms with Crippen LogP contribution in [0.2, 0.25) is 5.02 Å². The summed E-state index contributed by atoms with van der Waals surface area (Å²) >= 11 is 5.93. The lowest BCUT2D eigenvalue weighted by Gasteiger charge is -2.25. The second-order valence-electron chi connectivity index (χ2n) is 7.30. The number of urea groups is 1. The summed E-state index contributed by atoms with van der Waals surface area (Å²) in [6, 6.07) is 6.27. The number of hydrogen-bond acceptors (Lipinski definition) is 3.